The number of nitrogens with zero attached hydrogens (tertiary/aromatic N) is 7. The number of carbonyl (C=O) groups is 3. The third-order valence-corrected chi connectivity index (χ3v) is 12.6. The smallest absolute Gasteiger partial charge is 0.267 e. The molecule has 288 valence electrons. The Balaban J connectivity index is 0.786. The van der Waals surface area contributed by atoms with Gasteiger partial charge in [-0.2, -0.15) is 0 Å². The minimum absolute atomic E-state index is 0.175. The minimum Gasteiger partial charge on any atom is -0.366 e. The molecule has 7 heterocycles. The molecule has 4 aromatic rings. The summed E-state index contributed by atoms with van der Waals surface area (Å²) in [7, 11) is 0. The number of piperidine rings is 3. The summed E-state index contributed by atoms with van der Waals surface area (Å²) >= 11 is 7.56. The normalized spacial score (nSPS) is 21.8. The molecule has 5 saturated heterocycles. The van der Waals surface area contributed by atoms with Crippen LogP contribution in [0.2, 0.25) is 5.02 Å². The van der Waals surface area contributed by atoms with Gasteiger partial charge in [0.25, 0.3) is 5.91 Å². The topological polar surface area (TPSA) is 139 Å². The van der Waals surface area contributed by atoms with E-state index in [0.29, 0.717) is 57.3 Å². The summed E-state index contributed by atoms with van der Waals surface area (Å²) in [4.78, 5) is 61.2. The summed E-state index contributed by atoms with van der Waals surface area (Å²) in [5.41, 5.74) is 3.71. The van der Waals surface area contributed by atoms with Crippen LogP contribution in [0.3, 0.4) is 0 Å². The van der Waals surface area contributed by atoms with Crippen molar-refractivity contribution >= 4 is 68.8 Å². The van der Waals surface area contributed by atoms with Gasteiger partial charge in [-0.1, -0.05) is 47.2 Å². The van der Waals surface area contributed by atoms with Crippen LogP contribution in [0.5, 0.6) is 0 Å². The minimum atomic E-state index is -0.262. The number of hydrogen-bond donors (Lipinski definition) is 3. The maximum absolute atomic E-state index is 12.9. The van der Waals surface area contributed by atoms with E-state index in [1.807, 2.05) is 32.0 Å². The summed E-state index contributed by atoms with van der Waals surface area (Å²) in [5.74, 6) is 1.34. The molecule has 2 aromatic carbocycles. The SMILES string of the molecule is Cc1nc(Nc2ncc(C(=O)Nc3c(C)cccc3Cl)s2)cc(N2CCN(CCCN3CC4CCC3CN4c3ccc(C4CCC(=O)NC4=O)cc3)CC2)n1. The highest BCUT2D eigenvalue weighted by Crippen LogP contribution is 2.35. The fraction of sp³-hybridized carbons (Fsp3) is 0.450. The van der Waals surface area contributed by atoms with Gasteiger partial charge in [0.2, 0.25) is 11.8 Å². The highest BCUT2D eigenvalue weighted by molar-refractivity contribution is 7.17. The Morgan fingerprint density at radius 3 is 2.51 bits per heavy atom. The Morgan fingerprint density at radius 1 is 0.964 bits per heavy atom. The second-order valence-electron chi connectivity index (χ2n) is 15.0. The van der Waals surface area contributed by atoms with Gasteiger partial charge in [0.05, 0.1) is 22.8 Å². The molecule has 0 saturated carbocycles. The highest BCUT2D eigenvalue weighted by Gasteiger charge is 2.39. The van der Waals surface area contributed by atoms with Gasteiger partial charge in [0, 0.05) is 69.5 Å². The van der Waals surface area contributed by atoms with Crippen LogP contribution in [0.15, 0.2) is 54.7 Å². The van der Waals surface area contributed by atoms with E-state index in [1.165, 1.54) is 29.9 Å². The number of thiazole rings is 1. The van der Waals surface area contributed by atoms with Crippen LogP contribution in [0.25, 0.3) is 0 Å². The number of halogens is 1. The highest BCUT2D eigenvalue weighted by atomic mass is 35.5. The number of piperazine rings is 2. The molecule has 5 fully saturated rings. The zero-order valence-corrected chi connectivity index (χ0v) is 32.8. The molecular weight excluding hydrogens is 736 g/mol. The molecule has 55 heavy (non-hydrogen) atoms. The van der Waals surface area contributed by atoms with Crippen LogP contribution >= 0.6 is 22.9 Å². The van der Waals surface area contributed by atoms with Gasteiger partial charge in [-0.3, -0.25) is 29.5 Å². The van der Waals surface area contributed by atoms with Crippen LogP contribution in [-0.2, 0) is 9.59 Å². The third-order valence-electron chi connectivity index (χ3n) is 11.4. The van der Waals surface area contributed by atoms with E-state index >= 15 is 0 Å². The quantitative estimate of drug-likeness (QED) is 0.164. The zero-order valence-electron chi connectivity index (χ0n) is 31.3. The predicted octanol–water partition coefficient (Wildman–Crippen LogP) is 5.58. The average molecular weight is 783 g/mol. The number of aromatic nitrogens is 3. The average Bonchev–Trinajstić information content (AvgIpc) is 3.65. The van der Waals surface area contributed by atoms with Gasteiger partial charge in [0.15, 0.2) is 5.13 Å². The van der Waals surface area contributed by atoms with E-state index < -0.39 is 0 Å². The van der Waals surface area contributed by atoms with Gasteiger partial charge in [0.1, 0.15) is 22.3 Å². The zero-order chi connectivity index (χ0) is 38.1. The molecule has 5 aliphatic rings. The molecule has 5 aliphatic heterocycles. The Hall–Kier alpha value is -4.63. The van der Waals surface area contributed by atoms with Crippen molar-refractivity contribution in [3.63, 3.8) is 0 Å². The summed E-state index contributed by atoms with van der Waals surface area (Å²) in [5, 5.41) is 9.73. The van der Waals surface area contributed by atoms with E-state index in [1.54, 1.807) is 12.3 Å². The van der Waals surface area contributed by atoms with E-state index in [0.717, 1.165) is 75.7 Å². The molecule has 3 N–H and O–H groups in total. The number of nitrogens with one attached hydrogen (secondary N) is 3. The second kappa shape index (κ2) is 16.2. The molecule has 13 nitrogen and oxygen atoms in total. The summed E-state index contributed by atoms with van der Waals surface area (Å²) < 4.78 is 0. The summed E-state index contributed by atoms with van der Waals surface area (Å²) in [6, 6.07) is 17.0. The molecule has 3 amide bonds. The number of carbonyl (C=O) groups excluding carboxylic acids is 3. The third kappa shape index (κ3) is 8.47. The van der Waals surface area contributed by atoms with Crippen LogP contribution in [0.1, 0.15) is 64.6 Å². The number of hydrogen-bond acceptors (Lipinski definition) is 12. The Bertz CT molecular complexity index is 2030. The van der Waals surface area contributed by atoms with E-state index in [-0.39, 0.29) is 23.6 Å². The lowest BCUT2D eigenvalue weighted by Crippen LogP contribution is -2.63. The lowest BCUT2D eigenvalue weighted by molar-refractivity contribution is -0.134. The van der Waals surface area contributed by atoms with E-state index in [4.69, 9.17) is 16.6 Å². The number of anilines is 5. The van der Waals surface area contributed by atoms with Crippen molar-refractivity contribution in [3.05, 3.63) is 81.6 Å². The summed E-state index contributed by atoms with van der Waals surface area (Å²) in [6.07, 6.45) is 6.14. The lowest BCUT2D eigenvalue weighted by Gasteiger charge is -2.52. The Morgan fingerprint density at radius 2 is 1.76 bits per heavy atom. The van der Waals surface area contributed by atoms with Gasteiger partial charge in [-0.25, -0.2) is 15.0 Å². The number of imide groups is 1. The number of para-hydroxylation sites is 1. The fourth-order valence-electron chi connectivity index (χ4n) is 8.40. The molecule has 3 unspecified atom stereocenters. The monoisotopic (exact) mass is 782 g/mol. The lowest BCUT2D eigenvalue weighted by atomic mass is 9.88. The first-order valence-corrected chi connectivity index (χ1v) is 20.4. The number of benzene rings is 2. The van der Waals surface area contributed by atoms with E-state index in [2.05, 4.69) is 69.8 Å². The van der Waals surface area contributed by atoms with Crippen LogP contribution in [0.4, 0.5) is 28.1 Å². The maximum atomic E-state index is 12.9. The number of rotatable bonds is 11. The number of amides is 3. The standard InChI is InChI=1S/C40H47ClN10O3S/c1-25-5-3-6-32(41)37(25)47-39(54)33-22-42-40(55-33)45-34-21-35(44-26(2)43-34)49-19-17-48(18-20-49)15-4-16-50-23-30-12-11-29(50)24-51(30)28-9-7-27(8-10-28)31-13-14-36(52)46-38(31)53/h3,5-10,21-22,29-31H,4,11-20,23-24H2,1-2H3,(H,47,54)(H,46,52,53)(H,42,43,44,45). The molecule has 2 aromatic heterocycles. The number of fused-ring (bicyclic) bond motifs is 3. The van der Waals surface area contributed by atoms with Gasteiger partial charge in [-0.05, 0) is 81.9 Å². The maximum Gasteiger partial charge on any atom is 0.267 e. The van der Waals surface area contributed by atoms with Crippen molar-refractivity contribution in [3.8, 4) is 0 Å². The largest absolute Gasteiger partial charge is 0.366 e. The molecule has 2 bridgehead atoms. The summed E-state index contributed by atoms with van der Waals surface area (Å²) in [6.45, 7) is 11.9. The molecular formula is C40H47ClN10O3S. The first kappa shape index (κ1) is 37.3. The van der Waals surface area contributed by atoms with Crippen molar-refractivity contribution in [2.75, 3.05) is 72.8 Å². The Kier molecular flexibility index (Phi) is 11.0. The van der Waals surface area contributed by atoms with Crippen LogP contribution in [0, 0.1) is 13.8 Å². The molecule has 0 aliphatic carbocycles. The first-order valence-electron chi connectivity index (χ1n) is 19.2. The fourth-order valence-corrected chi connectivity index (χ4v) is 9.39. The van der Waals surface area contributed by atoms with Crippen LogP contribution < -0.4 is 25.8 Å². The van der Waals surface area contributed by atoms with Gasteiger partial charge < -0.3 is 20.4 Å². The van der Waals surface area contributed by atoms with Crippen molar-refractivity contribution in [1.82, 2.24) is 30.1 Å². The predicted molar refractivity (Wildman–Crippen MR) is 217 cm³/mol. The number of aryl methyl sites for hydroxylation is 2. The van der Waals surface area contributed by atoms with Crippen molar-refractivity contribution in [1.29, 1.82) is 0 Å². The van der Waals surface area contributed by atoms with Crippen molar-refractivity contribution in [2.24, 2.45) is 0 Å². The van der Waals surface area contributed by atoms with Crippen LogP contribution in [-0.4, -0.2) is 107 Å². The van der Waals surface area contributed by atoms with Gasteiger partial charge >= 0.3 is 0 Å². The first-order chi connectivity index (χ1) is 26.7. The van der Waals surface area contributed by atoms with Gasteiger partial charge in [-0.15, -0.1) is 0 Å². The molecule has 3 atom stereocenters. The molecule has 15 heteroatoms. The molecule has 0 spiro atoms. The molecule has 9 rings (SSSR count). The van der Waals surface area contributed by atoms with Crippen molar-refractivity contribution < 1.29 is 14.4 Å². The Labute approximate surface area is 330 Å². The second-order valence-corrected chi connectivity index (χ2v) is 16.4. The van der Waals surface area contributed by atoms with E-state index in [9.17, 15) is 14.4 Å². The molecule has 0 radical (unpaired) electrons. The van der Waals surface area contributed by atoms with Crippen molar-refractivity contribution in [2.45, 2.75) is 64.0 Å².